The maximum Gasteiger partial charge on any atom is 0.264 e. The molecule has 1 aliphatic rings. The van der Waals surface area contributed by atoms with Crippen molar-refractivity contribution in [1.29, 1.82) is 0 Å². The first-order valence-electron chi connectivity index (χ1n) is 5.45. The van der Waals surface area contributed by atoms with Gasteiger partial charge >= 0.3 is 0 Å². The van der Waals surface area contributed by atoms with Crippen LogP contribution in [0, 0.1) is 6.92 Å². The Morgan fingerprint density at radius 2 is 2.26 bits per heavy atom. The van der Waals surface area contributed by atoms with Gasteiger partial charge in [-0.15, -0.1) is 22.7 Å². The van der Waals surface area contributed by atoms with Gasteiger partial charge in [-0.2, -0.15) is 4.99 Å². The second kappa shape index (κ2) is 5.28. The molecule has 1 aliphatic heterocycles. The number of hydrogen-bond acceptors (Lipinski definition) is 6. The molecule has 2 aromatic heterocycles. The zero-order valence-electron chi connectivity index (χ0n) is 9.91. The van der Waals surface area contributed by atoms with Crippen molar-refractivity contribution in [3.05, 3.63) is 38.4 Å². The lowest BCUT2D eigenvalue weighted by Crippen LogP contribution is -2.19. The molecule has 7 heteroatoms. The summed E-state index contributed by atoms with van der Waals surface area (Å²) in [7, 11) is 0. The lowest BCUT2D eigenvalue weighted by Gasteiger charge is -1.91. The second-order valence-electron chi connectivity index (χ2n) is 3.76. The normalized spacial score (nSPS) is 19.3. The number of amides is 1. The predicted octanol–water partition coefficient (Wildman–Crippen LogP) is 3.40. The number of nitrogens with zero attached hydrogens (tertiary/aromatic N) is 2. The Labute approximate surface area is 122 Å². The van der Waals surface area contributed by atoms with Crippen LogP contribution in [0.2, 0.25) is 0 Å². The van der Waals surface area contributed by atoms with Crippen LogP contribution in [0.15, 0.2) is 32.9 Å². The van der Waals surface area contributed by atoms with Gasteiger partial charge in [0.1, 0.15) is 0 Å². The van der Waals surface area contributed by atoms with E-state index in [1.54, 1.807) is 17.5 Å². The number of thiazole rings is 1. The average molecular weight is 307 g/mol. The first-order valence-corrected chi connectivity index (χ1v) is 8.03. The Morgan fingerprint density at radius 3 is 2.95 bits per heavy atom. The number of thioether (sulfide) groups is 1. The molecule has 2 aromatic rings. The molecule has 96 valence electrons. The Kier molecular flexibility index (Phi) is 3.50. The Hall–Kier alpha value is -1.44. The van der Waals surface area contributed by atoms with Gasteiger partial charge in [-0.05, 0) is 41.8 Å². The lowest BCUT2D eigenvalue weighted by atomic mass is 10.3. The number of aryl methyl sites for hydroxylation is 1. The van der Waals surface area contributed by atoms with Gasteiger partial charge in [0.05, 0.1) is 4.91 Å². The number of carbonyl (C=O) groups excluding carboxylic acids is 1. The highest BCUT2D eigenvalue weighted by Gasteiger charge is 2.24. The van der Waals surface area contributed by atoms with Crippen molar-refractivity contribution >= 4 is 56.7 Å². The number of amidine groups is 1. The van der Waals surface area contributed by atoms with Gasteiger partial charge in [0.15, 0.2) is 5.17 Å². The number of hydrogen-bond donors (Lipinski definition) is 1. The third-order valence-corrected chi connectivity index (χ3v) is 4.97. The fraction of sp³-hybridized carbons (Fsp3) is 0.0833. The van der Waals surface area contributed by atoms with Gasteiger partial charge in [-0.3, -0.25) is 4.79 Å². The lowest BCUT2D eigenvalue weighted by molar-refractivity contribution is -0.115. The van der Waals surface area contributed by atoms with E-state index in [9.17, 15) is 4.79 Å². The molecule has 3 heterocycles. The van der Waals surface area contributed by atoms with Crippen molar-refractivity contribution in [2.24, 2.45) is 4.99 Å². The molecule has 0 bridgehead atoms. The summed E-state index contributed by atoms with van der Waals surface area (Å²) in [6, 6.07) is 2.04. The third-order valence-electron chi connectivity index (χ3n) is 2.43. The van der Waals surface area contributed by atoms with E-state index in [-0.39, 0.29) is 5.91 Å². The molecule has 1 N–H and O–H groups in total. The minimum atomic E-state index is -0.104. The van der Waals surface area contributed by atoms with Gasteiger partial charge < -0.3 is 5.32 Å². The van der Waals surface area contributed by atoms with Gasteiger partial charge in [0.25, 0.3) is 5.91 Å². The summed E-state index contributed by atoms with van der Waals surface area (Å²) in [5, 5.41) is 7.86. The molecule has 0 aliphatic carbocycles. The molecular weight excluding hydrogens is 298 g/mol. The molecular formula is C12H9N3OS3. The fourth-order valence-electron chi connectivity index (χ4n) is 1.49. The molecule has 0 radical (unpaired) electrons. The predicted molar refractivity (Wildman–Crippen MR) is 82.0 cm³/mol. The van der Waals surface area contributed by atoms with Crippen molar-refractivity contribution < 1.29 is 4.79 Å². The van der Waals surface area contributed by atoms with Crippen LogP contribution in [0.4, 0.5) is 5.13 Å². The number of aliphatic imine (C=N–C) groups is 1. The second-order valence-corrected chi connectivity index (χ2v) is 6.62. The van der Waals surface area contributed by atoms with Gasteiger partial charge in [0, 0.05) is 16.5 Å². The van der Waals surface area contributed by atoms with E-state index in [0.29, 0.717) is 15.2 Å². The van der Waals surface area contributed by atoms with Gasteiger partial charge in [-0.1, -0.05) is 0 Å². The Balaban J connectivity index is 1.85. The van der Waals surface area contributed by atoms with Crippen molar-refractivity contribution in [3.8, 4) is 0 Å². The molecule has 1 saturated heterocycles. The van der Waals surface area contributed by atoms with Crippen LogP contribution in [-0.4, -0.2) is 16.1 Å². The van der Waals surface area contributed by atoms with E-state index in [4.69, 9.17) is 0 Å². The molecule has 3 rings (SSSR count). The van der Waals surface area contributed by atoms with Crippen molar-refractivity contribution in [3.63, 3.8) is 0 Å². The van der Waals surface area contributed by atoms with E-state index < -0.39 is 0 Å². The summed E-state index contributed by atoms with van der Waals surface area (Å²) in [6.45, 7) is 2.03. The van der Waals surface area contributed by atoms with E-state index in [2.05, 4.69) is 15.3 Å². The summed E-state index contributed by atoms with van der Waals surface area (Å²) in [4.78, 5) is 22.0. The first kappa shape index (κ1) is 12.6. The first-order chi connectivity index (χ1) is 9.22. The van der Waals surface area contributed by atoms with Crippen LogP contribution in [0.5, 0.6) is 0 Å². The maximum absolute atomic E-state index is 11.9. The fourth-order valence-corrected chi connectivity index (χ4v) is 3.79. The summed E-state index contributed by atoms with van der Waals surface area (Å²) >= 11 is 4.41. The van der Waals surface area contributed by atoms with Crippen LogP contribution in [0.3, 0.4) is 0 Å². The molecule has 0 unspecified atom stereocenters. The molecule has 4 nitrogen and oxygen atoms in total. The minimum Gasteiger partial charge on any atom is -0.300 e. The molecule has 0 spiro atoms. The number of thiophene rings is 1. The molecule has 1 amide bonds. The van der Waals surface area contributed by atoms with E-state index in [0.717, 1.165) is 4.88 Å². The number of nitrogens with one attached hydrogen (secondary N) is 1. The van der Waals surface area contributed by atoms with Crippen LogP contribution in [0.1, 0.15) is 10.4 Å². The van der Waals surface area contributed by atoms with Gasteiger partial charge in [-0.25, -0.2) is 4.98 Å². The van der Waals surface area contributed by atoms with Crippen LogP contribution in [-0.2, 0) is 4.79 Å². The molecule has 1 fully saturated rings. The smallest absolute Gasteiger partial charge is 0.264 e. The largest absolute Gasteiger partial charge is 0.300 e. The standard InChI is InChI=1S/C12H9N3OS3/c1-7-2-4-17-8(7)6-9-10(16)14-12(19-9)15-11-13-3-5-18-11/h2-6H,1H3,(H,13,14,15,16)/b9-6-. The highest BCUT2D eigenvalue weighted by atomic mass is 32.2. The van der Waals surface area contributed by atoms with E-state index >= 15 is 0 Å². The number of rotatable bonds is 2. The minimum absolute atomic E-state index is 0.104. The quantitative estimate of drug-likeness (QED) is 0.865. The van der Waals surface area contributed by atoms with E-state index in [1.165, 1.54) is 28.7 Å². The summed E-state index contributed by atoms with van der Waals surface area (Å²) in [5.74, 6) is -0.104. The average Bonchev–Trinajstić information content (AvgIpc) is 3.07. The summed E-state index contributed by atoms with van der Waals surface area (Å²) in [6.07, 6.45) is 3.60. The number of carbonyl (C=O) groups is 1. The van der Waals surface area contributed by atoms with Crippen LogP contribution < -0.4 is 5.32 Å². The monoisotopic (exact) mass is 307 g/mol. The van der Waals surface area contributed by atoms with Gasteiger partial charge in [0.2, 0.25) is 5.13 Å². The van der Waals surface area contributed by atoms with Crippen molar-refractivity contribution in [2.45, 2.75) is 6.92 Å². The SMILES string of the molecule is Cc1ccsc1/C=C1\SC(=Nc2nccs2)NC1=O. The van der Waals surface area contributed by atoms with E-state index in [1.807, 2.05) is 29.8 Å². The zero-order chi connectivity index (χ0) is 13.2. The van der Waals surface area contributed by atoms with Crippen LogP contribution >= 0.6 is 34.4 Å². The Morgan fingerprint density at radius 1 is 1.37 bits per heavy atom. The topological polar surface area (TPSA) is 54.4 Å². The molecule has 0 saturated carbocycles. The van der Waals surface area contributed by atoms with Crippen molar-refractivity contribution in [2.75, 3.05) is 0 Å². The zero-order valence-corrected chi connectivity index (χ0v) is 12.4. The summed E-state index contributed by atoms with van der Waals surface area (Å²) in [5.41, 5.74) is 1.18. The Bertz CT molecular complexity index is 670. The highest BCUT2D eigenvalue weighted by molar-refractivity contribution is 8.18. The highest BCUT2D eigenvalue weighted by Crippen LogP contribution is 2.30. The molecule has 19 heavy (non-hydrogen) atoms. The summed E-state index contributed by atoms with van der Waals surface area (Å²) < 4.78 is 0. The number of aromatic nitrogens is 1. The third kappa shape index (κ3) is 2.78. The van der Waals surface area contributed by atoms with Crippen LogP contribution in [0.25, 0.3) is 6.08 Å². The molecule has 0 aromatic carbocycles. The molecule has 0 atom stereocenters. The maximum atomic E-state index is 11.9. The van der Waals surface area contributed by atoms with Crippen molar-refractivity contribution in [1.82, 2.24) is 10.3 Å².